The number of hydrogen-bond acceptors (Lipinski definition) is 8. The summed E-state index contributed by atoms with van der Waals surface area (Å²) in [6, 6.07) is 0. The maximum Gasteiger partial charge on any atom is 0.309 e. The van der Waals surface area contributed by atoms with Gasteiger partial charge in [0.25, 0.3) is 0 Å². The first kappa shape index (κ1) is 28.8. The third kappa shape index (κ3) is 6.57. The van der Waals surface area contributed by atoms with Crippen LogP contribution in [0.1, 0.15) is 84.7 Å². The molecule has 2 saturated heterocycles. The summed E-state index contributed by atoms with van der Waals surface area (Å²) in [4.78, 5) is 30.6. The number of oxazole rings is 1. The van der Waals surface area contributed by atoms with Gasteiger partial charge in [-0.25, -0.2) is 4.98 Å². The molecule has 9 heteroatoms. The number of aromatic nitrogens is 1. The average molecular weight is 526 g/mol. The number of carbonyl (C=O) groups is 2. The molecule has 36 heavy (non-hydrogen) atoms. The number of rotatable bonds is 3. The van der Waals surface area contributed by atoms with Gasteiger partial charge in [0, 0.05) is 19.3 Å². The third-order valence-corrected chi connectivity index (χ3v) is 8.25. The molecule has 0 spiro atoms. The van der Waals surface area contributed by atoms with Crippen molar-refractivity contribution in [3.63, 3.8) is 0 Å². The van der Waals surface area contributed by atoms with Crippen molar-refractivity contribution in [3.8, 4) is 0 Å². The summed E-state index contributed by atoms with van der Waals surface area (Å²) >= 11 is 6.59. The highest BCUT2D eigenvalue weighted by Gasteiger charge is 2.53. The maximum atomic E-state index is 13.4. The lowest BCUT2D eigenvalue weighted by molar-refractivity contribution is -0.154. The van der Waals surface area contributed by atoms with Crippen LogP contribution in [0.2, 0.25) is 0 Å². The van der Waals surface area contributed by atoms with E-state index in [1.165, 1.54) is 6.26 Å². The van der Waals surface area contributed by atoms with Gasteiger partial charge in [0.2, 0.25) is 0 Å². The van der Waals surface area contributed by atoms with Crippen LogP contribution in [-0.4, -0.2) is 57.0 Å². The Hall–Kier alpha value is -1.74. The van der Waals surface area contributed by atoms with Crippen LogP contribution in [-0.2, 0) is 19.1 Å². The van der Waals surface area contributed by atoms with Crippen LogP contribution in [0.3, 0.4) is 0 Å². The number of cyclic esters (lactones) is 1. The number of nitrogens with zero attached hydrogens (tertiary/aromatic N) is 1. The van der Waals surface area contributed by atoms with E-state index in [-0.39, 0.29) is 34.9 Å². The van der Waals surface area contributed by atoms with E-state index < -0.39 is 35.6 Å². The number of carbonyl (C=O) groups excluding carboxylic acids is 2. The second-order valence-electron chi connectivity index (χ2n) is 11.1. The number of fused-ring (bicyclic) bond motifs is 1. The topological polar surface area (TPSA) is 122 Å². The molecule has 0 aliphatic carbocycles. The molecule has 1 aromatic rings. The number of ketones is 1. The zero-order chi connectivity index (χ0) is 26.8. The molecule has 1 aromatic heterocycles. The number of aryl methyl sites for hydroxylation is 1. The van der Waals surface area contributed by atoms with Gasteiger partial charge in [0.15, 0.2) is 5.89 Å². The highest BCUT2D eigenvalue weighted by atomic mass is 35.5. The molecule has 0 radical (unpaired) electrons. The number of epoxide rings is 1. The number of ether oxygens (including phenoxy) is 2. The van der Waals surface area contributed by atoms with E-state index in [1.54, 1.807) is 26.8 Å². The van der Waals surface area contributed by atoms with Crippen LogP contribution in [0.5, 0.6) is 0 Å². The number of aliphatic hydroxyl groups excluding tert-OH is 2. The first-order chi connectivity index (χ1) is 16.8. The highest BCUT2D eigenvalue weighted by Crippen LogP contribution is 2.45. The zero-order valence-corrected chi connectivity index (χ0v) is 22.9. The summed E-state index contributed by atoms with van der Waals surface area (Å²) in [5.41, 5.74) is -1.12. The second-order valence-corrected chi connectivity index (χ2v) is 11.6. The molecule has 0 aromatic carbocycles. The smallest absolute Gasteiger partial charge is 0.309 e. The van der Waals surface area contributed by atoms with E-state index in [0.717, 1.165) is 19.3 Å². The fraction of sp³-hybridized carbons (Fsp3) is 0.741. The monoisotopic (exact) mass is 525 g/mol. The predicted octanol–water partition coefficient (Wildman–Crippen LogP) is 4.58. The van der Waals surface area contributed by atoms with E-state index in [2.05, 4.69) is 4.98 Å². The summed E-state index contributed by atoms with van der Waals surface area (Å²) in [5, 5.41) is 22.2. The molecule has 202 valence electrons. The van der Waals surface area contributed by atoms with Crippen LogP contribution in [0.15, 0.2) is 15.7 Å². The van der Waals surface area contributed by atoms with Gasteiger partial charge in [-0.2, -0.15) is 0 Å². The maximum absolute atomic E-state index is 13.4. The van der Waals surface area contributed by atoms with Crippen LogP contribution in [0, 0.1) is 24.2 Å². The Labute approximate surface area is 218 Å². The Morgan fingerprint density at radius 2 is 1.97 bits per heavy atom. The molecule has 7 atom stereocenters. The van der Waals surface area contributed by atoms with Crippen LogP contribution < -0.4 is 0 Å². The molecule has 7 unspecified atom stereocenters. The van der Waals surface area contributed by atoms with Crippen molar-refractivity contribution in [2.45, 2.75) is 110 Å². The standard InChI is InChI=1S/C27H40ClNO7/c1-7-18-24(32)15(2)9-8-10-27(6)22(36-27)12-20(19(28)11-17-14-34-16(3)29-17)35-23(31)13-21(30)26(4,5)25(18)33/h11,14-15,18,20-22,24,30,32H,7-10,12-13H2,1-6H3. The van der Waals surface area contributed by atoms with Gasteiger partial charge in [-0.05, 0) is 38.2 Å². The highest BCUT2D eigenvalue weighted by molar-refractivity contribution is 6.32. The Balaban J connectivity index is 1.87. The molecular formula is C27H40ClNO7. The van der Waals surface area contributed by atoms with Crippen LogP contribution >= 0.6 is 11.6 Å². The fourth-order valence-corrected chi connectivity index (χ4v) is 5.33. The van der Waals surface area contributed by atoms with E-state index in [4.69, 9.17) is 25.5 Å². The molecule has 3 rings (SSSR count). The average Bonchev–Trinajstić information content (AvgIpc) is 3.24. The fourth-order valence-electron chi connectivity index (χ4n) is 5.09. The van der Waals surface area contributed by atoms with Crippen LogP contribution in [0.4, 0.5) is 0 Å². The van der Waals surface area contributed by atoms with Gasteiger partial charge < -0.3 is 24.1 Å². The van der Waals surface area contributed by atoms with Crippen molar-refractivity contribution in [2.75, 3.05) is 0 Å². The summed E-state index contributed by atoms with van der Waals surface area (Å²) < 4.78 is 17.0. The summed E-state index contributed by atoms with van der Waals surface area (Å²) in [7, 11) is 0. The molecule has 2 aliphatic rings. The predicted molar refractivity (Wildman–Crippen MR) is 135 cm³/mol. The summed E-state index contributed by atoms with van der Waals surface area (Å²) in [5.74, 6) is -1.18. The van der Waals surface area contributed by atoms with E-state index >= 15 is 0 Å². The van der Waals surface area contributed by atoms with Crippen molar-refractivity contribution in [3.05, 3.63) is 22.9 Å². The molecule has 0 saturated carbocycles. The minimum atomic E-state index is -1.29. The number of hydrogen-bond donors (Lipinski definition) is 2. The second kappa shape index (κ2) is 11.3. The largest absolute Gasteiger partial charge is 0.456 e. The molecule has 3 heterocycles. The third-order valence-electron chi connectivity index (χ3n) is 7.90. The molecule has 2 aliphatic heterocycles. The number of Topliss-reactive ketones (excluding diaryl/α,β-unsaturated/α-hetero) is 1. The molecule has 0 amide bonds. The number of esters is 1. The zero-order valence-electron chi connectivity index (χ0n) is 22.1. The molecule has 2 fully saturated rings. The molecular weight excluding hydrogens is 486 g/mol. The summed E-state index contributed by atoms with van der Waals surface area (Å²) in [6.45, 7) is 10.8. The van der Waals surface area contributed by atoms with Gasteiger partial charge in [-0.3, -0.25) is 9.59 Å². The molecule has 2 N–H and O–H groups in total. The van der Waals surface area contributed by atoms with Gasteiger partial charge in [-0.1, -0.05) is 45.7 Å². The normalized spacial score (nSPS) is 36.8. The Bertz CT molecular complexity index is 973. The number of aliphatic hydroxyl groups is 2. The van der Waals surface area contributed by atoms with E-state index in [1.807, 2.05) is 20.8 Å². The first-order valence-corrected chi connectivity index (χ1v) is 13.2. The quantitative estimate of drug-likeness (QED) is 0.434. The van der Waals surface area contributed by atoms with Crippen LogP contribution in [0.25, 0.3) is 6.08 Å². The van der Waals surface area contributed by atoms with Gasteiger partial charge in [0.05, 0.1) is 40.8 Å². The van der Waals surface area contributed by atoms with E-state index in [9.17, 15) is 19.8 Å². The Kier molecular flexibility index (Phi) is 9.08. The van der Waals surface area contributed by atoms with Gasteiger partial charge >= 0.3 is 5.97 Å². The van der Waals surface area contributed by atoms with Crippen molar-refractivity contribution in [1.82, 2.24) is 4.98 Å². The lowest BCUT2D eigenvalue weighted by atomic mass is 9.71. The minimum Gasteiger partial charge on any atom is -0.456 e. The van der Waals surface area contributed by atoms with Crippen molar-refractivity contribution >= 4 is 29.4 Å². The van der Waals surface area contributed by atoms with Crippen molar-refractivity contribution < 1.29 is 33.7 Å². The van der Waals surface area contributed by atoms with E-state index in [0.29, 0.717) is 24.4 Å². The van der Waals surface area contributed by atoms with Gasteiger partial charge in [-0.15, -0.1) is 0 Å². The first-order valence-electron chi connectivity index (χ1n) is 12.9. The summed E-state index contributed by atoms with van der Waals surface area (Å²) in [6.07, 6.45) is 2.72. The molecule has 8 nitrogen and oxygen atoms in total. The molecule has 0 bridgehead atoms. The lowest BCUT2D eigenvalue weighted by Crippen LogP contribution is -2.46. The van der Waals surface area contributed by atoms with Crippen molar-refractivity contribution in [1.29, 1.82) is 0 Å². The Morgan fingerprint density at radius 3 is 2.58 bits per heavy atom. The van der Waals surface area contributed by atoms with Gasteiger partial charge in [0.1, 0.15) is 23.8 Å². The Morgan fingerprint density at radius 1 is 1.28 bits per heavy atom. The van der Waals surface area contributed by atoms with Crippen molar-refractivity contribution in [2.24, 2.45) is 17.3 Å². The minimum absolute atomic E-state index is 0.0958. The lowest BCUT2D eigenvalue weighted by Gasteiger charge is -2.35. The SMILES string of the molecule is CCC1C(=O)C(C)(C)C(O)CC(=O)OC(C(Cl)=Cc2coc(C)n2)CC2OC2(C)CCCC(C)C1O. The number of halogens is 1.